The zero-order valence-electron chi connectivity index (χ0n) is 14.6. The number of hydrogen-bond donors (Lipinski definition) is 2. The lowest BCUT2D eigenvalue weighted by atomic mass is 10.2. The molecule has 2 N–H and O–H groups in total. The summed E-state index contributed by atoms with van der Waals surface area (Å²) in [6.07, 6.45) is 0. The van der Waals surface area contributed by atoms with E-state index >= 15 is 0 Å². The highest BCUT2D eigenvalue weighted by atomic mass is 32.1. The summed E-state index contributed by atoms with van der Waals surface area (Å²) in [7, 11) is 0. The van der Waals surface area contributed by atoms with Gasteiger partial charge < -0.3 is 0 Å². The molecule has 0 aliphatic heterocycles. The van der Waals surface area contributed by atoms with Crippen molar-refractivity contribution < 1.29 is 9.59 Å². The smallest absolute Gasteiger partial charge is 0.266 e. The van der Waals surface area contributed by atoms with Crippen molar-refractivity contribution in [3.63, 3.8) is 0 Å². The van der Waals surface area contributed by atoms with E-state index in [-0.39, 0.29) is 5.69 Å². The maximum absolute atomic E-state index is 12.5. The normalized spacial score (nSPS) is 10.6. The molecule has 0 unspecified atom stereocenters. The van der Waals surface area contributed by atoms with E-state index in [1.807, 2.05) is 47.8 Å². The van der Waals surface area contributed by atoms with Gasteiger partial charge in [0.05, 0.1) is 10.6 Å². The number of amides is 2. The van der Waals surface area contributed by atoms with E-state index in [9.17, 15) is 9.59 Å². The van der Waals surface area contributed by atoms with Crippen LogP contribution in [0.25, 0.3) is 20.5 Å². The topological polar surface area (TPSA) is 84.0 Å². The highest BCUT2D eigenvalue weighted by Gasteiger charge is 2.18. The van der Waals surface area contributed by atoms with Crippen LogP contribution < -0.4 is 10.9 Å². The predicted octanol–water partition coefficient (Wildman–Crippen LogP) is 4.38. The first-order valence-corrected chi connectivity index (χ1v) is 10.8. The highest BCUT2D eigenvalue weighted by Crippen LogP contribution is 2.28. The molecule has 1 aromatic carbocycles. The molecular weight excluding hydrogens is 412 g/mol. The number of hydrazine groups is 1. The molecule has 0 saturated heterocycles. The summed E-state index contributed by atoms with van der Waals surface area (Å²) in [5.74, 6) is -0.864. The van der Waals surface area contributed by atoms with E-state index in [0.717, 1.165) is 20.5 Å². The third-order valence-corrected chi connectivity index (χ3v) is 6.87. The Balaban J connectivity index is 1.42. The Labute approximate surface area is 172 Å². The lowest BCUT2D eigenvalue weighted by molar-refractivity contribution is 0.0846. The van der Waals surface area contributed by atoms with Gasteiger partial charge in [-0.25, -0.2) is 9.97 Å². The first kappa shape index (κ1) is 18.5. The fraction of sp³-hybridized carbons (Fsp3) is 0.0526. The summed E-state index contributed by atoms with van der Waals surface area (Å²) >= 11 is 4.23. The van der Waals surface area contributed by atoms with E-state index < -0.39 is 11.8 Å². The van der Waals surface area contributed by atoms with Crippen molar-refractivity contribution >= 4 is 45.8 Å². The quantitative estimate of drug-likeness (QED) is 0.475. The molecule has 0 aliphatic rings. The molecule has 9 heteroatoms. The van der Waals surface area contributed by atoms with Gasteiger partial charge in [0, 0.05) is 10.9 Å². The molecule has 0 bridgehead atoms. The summed E-state index contributed by atoms with van der Waals surface area (Å²) in [6, 6.07) is 13.5. The van der Waals surface area contributed by atoms with Gasteiger partial charge in [0.2, 0.25) is 0 Å². The van der Waals surface area contributed by atoms with Gasteiger partial charge in [-0.1, -0.05) is 36.4 Å². The molecule has 0 saturated carbocycles. The maximum Gasteiger partial charge on any atom is 0.289 e. The SMILES string of the molecule is Cc1nc(-c2ccccc2)sc1C(=O)NNC(=O)c1csc(-c2cccs2)n1. The number of rotatable bonds is 4. The van der Waals surface area contributed by atoms with Crippen LogP contribution >= 0.6 is 34.0 Å². The van der Waals surface area contributed by atoms with Crippen molar-refractivity contribution in [3.05, 3.63) is 69.5 Å². The molecule has 3 aromatic heterocycles. The van der Waals surface area contributed by atoms with E-state index in [1.54, 1.807) is 23.6 Å². The molecule has 28 heavy (non-hydrogen) atoms. The average Bonchev–Trinajstić information content (AvgIpc) is 3.46. The van der Waals surface area contributed by atoms with E-state index in [4.69, 9.17) is 0 Å². The van der Waals surface area contributed by atoms with Crippen LogP contribution in [-0.4, -0.2) is 21.8 Å². The first-order valence-electron chi connectivity index (χ1n) is 8.25. The van der Waals surface area contributed by atoms with E-state index in [1.165, 1.54) is 22.7 Å². The van der Waals surface area contributed by atoms with Crippen molar-refractivity contribution in [2.75, 3.05) is 0 Å². The van der Waals surface area contributed by atoms with Crippen molar-refractivity contribution in [2.24, 2.45) is 0 Å². The Bertz CT molecular complexity index is 1120. The Morgan fingerprint density at radius 1 is 0.893 bits per heavy atom. The number of carbonyl (C=O) groups is 2. The van der Waals surface area contributed by atoms with Crippen LogP contribution in [0.5, 0.6) is 0 Å². The van der Waals surface area contributed by atoms with Crippen molar-refractivity contribution in [3.8, 4) is 20.5 Å². The number of thiazole rings is 2. The predicted molar refractivity (Wildman–Crippen MR) is 113 cm³/mol. The number of thiophene rings is 1. The van der Waals surface area contributed by atoms with Gasteiger partial charge in [-0.15, -0.1) is 34.0 Å². The number of nitrogens with one attached hydrogen (secondary N) is 2. The Hall–Kier alpha value is -2.88. The highest BCUT2D eigenvalue weighted by molar-refractivity contribution is 7.20. The van der Waals surface area contributed by atoms with Crippen LogP contribution in [0.3, 0.4) is 0 Å². The van der Waals surface area contributed by atoms with Crippen LogP contribution in [0, 0.1) is 6.92 Å². The Morgan fingerprint density at radius 2 is 1.68 bits per heavy atom. The monoisotopic (exact) mass is 426 g/mol. The molecule has 6 nitrogen and oxygen atoms in total. The standard InChI is InChI=1S/C19H14N4O2S3/c1-11-15(28-18(20-11)12-6-3-2-4-7-12)17(25)23-22-16(24)13-10-27-19(21-13)14-8-5-9-26-14/h2-10H,1H3,(H,22,24)(H,23,25). The van der Waals surface area contributed by atoms with Crippen LogP contribution in [0.1, 0.15) is 25.9 Å². The molecule has 4 aromatic rings. The molecule has 4 rings (SSSR count). The second-order valence-electron chi connectivity index (χ2n) is 5.72. The number of hydrogen-bond acceptors (Lipinski definition) is 7. The van der Waals surface area contributed by atoms with E-state index in [0.29, 0.717) is 10.6 Å². The van der Waals surface area contributed by atoms with Crippen LogP contribution in [-0.2, 0) is 0 Å². The molecule has 0 radical (unpaired) electrons. The average molecular weight is 427 g/mol. The van der Waals surface area contributed by atoms with Gasteiger partial charge in [-0.05, 0) is 18.4 Å². The maximum atomic E-state index is 12.5. The number of carbonyl (C=O) groups excluding carboxylic acids is 2. The lowest BCUT2D eigenvalue weighted by Crippen LogP contribution is -2.41. The Kier molecular flexibility index (Phi) is 5.29. The number of aromatic nitrogens is 2. The van der Waals surface area contributed by atoms with Crippen LogP contribution in [0.15, 0.2) is 53.2 Å². The minimum atomic E-state index is -0.460. The van der Waals surface area contributed by atoms with Gasteiger partial charge in [0.25, 0.3) is 11.8 Å². The molecule has 140 valence electrons. The molecule has 2 amide bonds. The zero-order valence-corrected chi connectivity index (χ0v) is 17.1. The summed E-state index contributed by atoms with van der Waals surface area (Å²) in [6.45, 7) is 1.77. The van der Waals surface area contributed by atoms with Crippen LogP contribution in [0.4, 0.5) is 0 Å². The molecule has 0 spiro atoms. The summed E-state index contributed by atoms with van der Waals surface area (Å²) in [4.78, 5) is 35.0. The van der Waals surface area contributed by atoms with E-state index in [2.05, 4.69) is 20.8 Å². The van der Waals surface area contributed by atoms with Crippen LogP contribution in [0.2, 0.25) is 0 Å². The second-order valence-corrected chi connectivity index (χ2v) is 8.53. The fourth-order valence-electron chi connectivity index (χ4n) is 2.44. The number of aryl methyl sites for hydroxylation is 1. The summed E-state index contributed by atoms with van der Waals surface area (Å²) in [5, 5.41) is 5.16. The first-order chi connectivity index (χ1) is 13.6. The largest absolute Gasteiger partial charge is 0.289 e. The molecular formula is C19H14N4O2S3. The van der Waals surface area contributed by atoms with Gasteiger partial charge in [-0.3, -0.25) is 20.4 Å². The van der Waals surface area contributed by atoms with Gasteiger partial charge in [-0.2, -0.15) is 0 Å². The summed E-state index contributed by atoms with van der Waals surface area (Å²) < 4.78 is 0. The molecule has 3 heterocycles. The zero-order chi connectivity index (χ0) is 19.5. The fourth-order valence-corrected chi connectivity index (χ4v) is 5.02. The van der Waals surface area contributed by atoms with Gasteiger partial charge >= 0.3 is 0 Å². The van der Waals surface area contributed by atoms with Gasteiger partial charge in [0.15, 0.2) is 0 Å². The molecule has 0 aliphatic carbocycles. The summed E-state index contributed by atoms with van der Waals surface area (Å²) in [5.41, 5.74) is 6.69. The minimum absolute atomic E-state index is 0.264. The Morgan fingerprint density at radius 3 is 2.43 bits per heavy atom. The molecule has 0 fully saturated rings. The number of nitrogens with zero attached hydrogens (tertiary/aromatic N) is 2. The van der Waals surface area contributed by atoms with Gasteiger partial charge in [0.1, 0.15) is 20.6 Å². The molecule has 0 atom stereocenters. The minimum Gasteiger partial charge on any atom is -0.266 e. The third-order valence-electron chi connectivity index (χ3n) is 3.78. The lowest BCUT2D eigenvalue weighted by Gasteiger charge is -2.04. The number of benzene rings is 1. The van der Waals surface area contributed by atoms with Crippen molar-refractivity contribution in [1.82, 2.24) is 20.8 Å². The van der Waals surface area contributed by atoms with Crippen molar-refractivity contribution in [2.45, 2.75) is 6.92 Å². The van der Waals surface area contributed by atoms with Crippen molar-refractivity contribution in [1.29, 1.82) is 0 Å². The second kappa shape index (κ2) is 8.01. The third kappa shape index (κ3) is 3.86.